The van der Waals surface area contributed by atoms with Gasteiger partial charge in [-0.2, -0.15) is 8.78 Å². The standard InChI is InChI=1S/C24H28F2N4O5/c1-15(27-24(33)29-19-5-3-4-6-20(19)35-23(25)26)22(32)30-13-11-16(12-14-30)21(31)28-17-7-9-18(34-2)10-8-17/h3-10,15-16,23H,11-14H2,1-2H3,(H,28,31)(H2,27,29,33)/t15-/m0/s1. The predicted molar refractivity (Wildman–Crippen MR) is 126 cm³/mol. The second kappa shape index (κ2) is 12.0. The maximum absolute atomic E-state index is 12.8. The van der Waals surface area contributed by atoms with Gasteiger partial charge < -0.3 is 30.3 Å². The van der Waals surface area contributed by atoms with Crippen LogP contribution in [0.1, 0.15) is 19.8 Å². The van der Waals surface area contributed by atoms with Crippen LogP contribution in [0.3, 0.4) is 0 Å². The molecule has 1 aliphatic heterocycles. The van der Waals surface area contributed by atoms with Gasteiger partial charge in [0.1, 0.15) is 17.5 Å². The zero-order valence-electron chi connectivity index (χ0n) is 19.4. The topological polar surface area (TPSA) is 109 Å². The number of benzene rings is 2. The van der Waals surface area contributed by atoms with Gasteiger partial charge in [-0.05, 0) is 56.2 Å². The highest BCUT2D eigenvalue weighted by Gasteiger charge is 2.30. The number of hydrogen-bond donors (Lipinski definition) is 3. The fourth-order valence-electron chi connectivity index (χ4n) is 3.74. The Morgan fingerprint density at radius 1 is 1.00 bits per heavy atom. The van der Waals surface area contributed by atoms with E-state index in [1.807, 2.05) is 0 Å². The quantitative estimate of drug-likeness (QED) is 0.523. The largest absolute Gasteiger partial charge is 0.497 e. The second-order valence-corrected chi connectivity index (χ2v) is 8.01. The molecule has 0 saturated carbocycles. The molecule has 3 N–H and O–H groups in total. The molecular weight excluding hydrogens is 462 g/mol. The van der Waals surface area contributed by atoms with E-state index in [1.165, 1.54) is 25.1 Å². The summed E-state index contributed by atoms with van der Waals surface area (Å²) in [7, 11) is 1.57. The van der Waals surface area contributed by atoms with Crippen LogP contribution in [0.15, 0.2) is 48.5 Å². The van der Waals surface area contributed by atoms with Crippen molar-refractivity contribution in [1.82, 2.24) is 10.2 Å². The van der Waals surface area contributed by atoms with Crippen molar-refractivity contribution in [2.24, 2.45) is 5.92 Å². The Morgan fingerprint density at radius 2 is 1.66 bits per heavy atom. The molecule has 2 aromatic carbocycles. The monoisotopic (exact) mass is 490 g/mol. The average Bonchev–Trinajstić information content (AvgIpc) is 2.85. The lowest BCUT2D eigenvalue weighted by molar-refractivity contribution is -0.135. The van der Waals surface area contributed by atoms with Crippen molar-refractivity contribution in [2.75, 3.05) is 30.8 Å². The molecule has 9 nitrogen and oxygen atoms in total. The number of anilines is 2. The first-order valence-corrected chi connectivity index (χ1v) is 11.1. The number of methoxy groups -OCH3 is 1. The van der Waals surface area contributed by atoms with Gasteiger partial charge in [-0.25, -0.2) is 4.79 Å². The van der Waals surface area contributed by atoms with E-state index in [0.29, 0.717) is 37.4 Å². The van der Waals surface area contributed by atoms with E-state index < -0.39 is 18.7 Å². The van der Waals surface area contributed by atoms with E-state index in [0.717, 1.165) is 0 Å². The molecule has 1 aliphatic rings. The molecule has 4 amide bonds. The van der Waals surface area contributed by atoms with Crippen LogP contribution in [0.5, 0.6) is 11.5 Å². The number of urea groups is 1. The normalized spacial score (nSPS) is 14.7. The average molecular weight is 491 g/mol. The van der Waals surface area contributed by atoms with Crippen LogP contribution in [0, 0.1) is 5.92 Å². The van der Waals surface area contributed by atoms with E-state index in [-0.39, 0.29) is 29.2 Å². The molecule has 3 rings (SSSR count). The highest BCUT2D eigenvalue weighted by atomic mass is 19.3. The first-order chi connectivity index (χ1) is 16.8. The summed E-state index contributed by atoms with van der Waals surface area (Å²) in [4.78, 5) is 39.3. The van der Waals surface area contributed by atoms with Gasteiger partial charge in [-0.1, -0.05) is 12.1 Å². The lowest BCUT2D eigenvalue weighted by atomic mass is 9.95. The van der Waals surface area contributed by atoms with Gasteiger partial charge in [0, 0.05) is 24.7 Å². The summed E-state index contributed by atoms with van der Waals surface area (Å²) in [5.74, 6) is -0.147. The maximum Gasteiger partial charge on any atom is 0.387 e. The first-order valence-electron chi connectivity index (χ1n) is 11.1. The smallest absolute Gasteiger partial charge is 0.387 e. The number of nitrogens with zero attached hydrogens (tertiary/aromatic N) is 1. The molecule has 1 heterocycles. The lowest BCUT2D eigenvalue weighted by Gasteiger charge is -2.33. The lowest BCUT2D eigenvalue weighted by Crippen LogP contribution is -2.51. The number of amides is 4. The third kappa shape index (κ3) is 7.29. The molecule has 0 spiro atoms. The summed E-state index contributed by atoms with van der Waals surface area (Å²) in [6.45, 7) is -0.759. The van der Waals surface area contributed by atoms with Gasteiger partial charge in [0.15, 0.2) is 0 Å². The number of hydrogen-bond acceptors (Lipinski definition) is 5. The number of ether oxygens (including phenoxy) is 2. The summed E-state index contributed by atoms with van der Waals surface area (Å²) in [5.41, 5.74) is 0.715. The van der Waals surface area contributed by atoms with Crippen LogP contribution in [0.4, 0.5) is 25.0 Å². The molecule has 11 heteroatoms. The molecule has 0 bridgehead atoms. The minimum Gasteiger partial charge on any atom is -0.497 e. The number of piperidine rings is 1. The van der Waals surface area contributed by atoms with Crippen molar-refractivity contribution >= 4 is 29.2 Å². The molecule has 35 heavy (non-hydrogen) atoms. The van der Waals surface area contributed by atoms with Gasteiger partial charge in [0.25, 0.3) is 0 Å². The van der Waals surface area contributed by atoms with Crippen molar-refractivity contribution in [2.45, 2.75) is 32.4 Å². The van der Waals surface area contributed by atoms with Gasteiger partial charge in [-0.3, -0.25) is 9.59 Å². The van der Waals surface area contributed by atoms with Crippen LogP contribution in [0.2, 0.25) is 0 Å². The Morgan fingerprint density at radius 3 is 2.29 bits per heavy atom. The zero-order chi connectivity index (χ0) is 25.4. The molecule has 0 radical (unpaired) electrons. The third-order valence-corrected chi connectivity index (χ3v) is 5.60. The Labute approximate surface area is 201 Å². The summed E-state index contributed by atoms with van der Waals surface area (Å²) in [6, 6.07) is 11.2. The molecule has 2 aromatic rings. The molecular formula is C24H28F2N4O5. The summed E-state index contributed by atoms with van der Waals surface area (Å²) in [6.07, 6.45) is 0.982. The first kappa shape index (κ1) is 25.7. The number of carbonyl (C=O) groups excluding carboxylic acids is 3. The molecule has 1 fully saturated rings. The second-order valence-electron chi connectivity index (χ2n) is 8.01. The number of likely N-dealkylation sites (tertiary alicyclic amines) is 1. The Bertz CT molecular complexity index is 1030. The number of halogens is 2. The molecule has 0 unspecified atom stereocenters. The van der Waals surface area contributed by atoms with E-state index >= 15 is 0 Å². The van der Waals surface area contributed by atoms with E-state index in [2.05, 4.69) is 20.7 Å². The van der Waals surface area contributed by atoms with Crippen LogP contribution in [-0.4, -0.2) is 55.6 Å². The summed E-state index contributed by atoms with van der Waals surface area (Å²) >= 11 is 0. The van der Waals surface area contributed by atoms with E-state index in [4.69, 9.17) is 4.74 Å². The predicted octanol–water partition coefficient (Wildman–Crippen LogP) is 3.68. The summed E-state index contributed by atoms with van der Waals surface area (Å²) < 4.78 is 34.6. The molecule has 0 aromatic heterocycles. The van der Waals surface area contributed by atoms with E-state index in [1.54, 1.807) is 42.3 Å². The fraction of sp³-hybridized carbons (Fsp3) is 0.375. The van der Waals surface area contributed by atoms with Crippen molar-refractivity contribution < 1.29 is 32.6 Å². The number of carbonyl (C=O) groups is 3. The maximum atomic E-state index is 12.8. The van der Waals surface area contributed by atoms with Crippen molar-refractivity contribution in [3.05, 3.63) is 48.5 Å². The van der Waals surface area contributed by atoms with Crippen LogP contribution >= 0.6 is 0 Å². The number of rotatable bonds is 8. The highest BCUT2D eigenvalue weighted by Crippen LogP contribution is 2.25. The van der Waals surface area contributed by atoms with Gasteiger partial charge in [0.2, 0.25) is 11.8 Å². The minimum atomic E-state index is -3.04. The van der Waals surface area contributed by atoms with E-state index in [9.17, 15) is 23.2 Å². The molecule has 188 valence electrons. The van der Waals surface area contributed by atoms with Crippen LogP contribution in [0.25, 0.3) is 0 Å². The van der Waals surface area contributed by atoms with Gasteiger partial charge in [0.05, 0.1) is 12.8 Å². The van der Waals surface area contributed by atoms with Crippen molar-refractivity contribution in [3.8, 4) is 11.5 Å². The highest BCUT2D eigenvalue weighted by molar-refractivity contribution is 5.95. The molecule has 1 atom stereocenters. The summed E-state index contributed by atoms with van der Waals surface area (Å²) in [5, 5.41) is 7.80. The Hall–Kier alpha value is -3.89. The Balaban J connectivity index is 1.46. The van der Waals surface area contributed by atoms with Crippen LogP contribution in [-0.2, 0) is 9.59 Å². The zero-order valence-corrected chi connectivity index (χ0v) is 19.4. The van der Waals surface area contributed by atoms with Crippen molar-refractivity contribution in [1.29, 1.82) is 0 Å². The van der Waals surface area contributed by atoms with Crippen LogP contribution < -0.4 is 25.4 Å². The Kier molecular flexibility index (Phi) is 8.82. The number of alkyl halides is 2. The number of nitrogens with one attached hydrogen (secondary N) is 3. The third-order valence-electron chi connectivity index (χ3n) is 5.60. The van der Waals surface area contributed by atoms with Gasteiger partial charge in [-0.15, -0.1) is 0 Å². The molecule has 0 aliphatic carbocycles. The SMILES string of the molecule is COc1ccc(NC(=O)C2CCN(C(=O)[C@H](C)NC(=O)Nc3ccccc3OC(F)F)CC2)cc1. The molecule has 1 saturated heterocycles. The number of para-hydroxylation sites is 2. The minimum absolute atomic E-state index is 0.0497. The van der Waals surface area contributed by atoms with Crippen molar-refractivity contribution in [3.63, 3.8) is 0 Å². The fourth-order valence-corrected chi connectivity index (χ4v) is 3.74. The van der Waals surface area contributed by atoms with Gasteiger partial charge >= 0.3 is 12.6 Å².